The Kier molecular flexibility index (Phi) is 4.87. The van der Waals surface area contributed by atoms with Crippen molar-refractivity contribution in [2.75, 3.05) is 13.7 Å². The third kappa shape index (κ3) is 3.67. The summed E-state index contributed by atoms with van der Waals surface area (Å²) in [6, 6.07) is 5.52. The summed E-state index contributed by atoms with van der Waals surface area (Å²) in [5, 5.41) is 16.8. The second-order valence-electron chi connectivity index (χ2n) is 3.82. The van der Waals surface area contributed by atoms with Crippen LogP contribution in [0.3, 0.4) is 0 Å². The summed E-state index contributed by atoms with van der Waals surface area (Å²) in [6.45, 7) is 2.70. The molecule has 0 spiro atoms. The number of H-pyrrole nitrogens is 1. The standard InChI is InChI=1S/C12H15N6O2/c1-3-6-20-10-5-4-9(7-11(10)19-2)8-13-14-12-15-17-18-16-12/h4-5,7-8H,3,6H2,1-2H3,(H-,14,15,16,17,18)/q-1/b13-8-. The third-order valence-electron chi connectivity index (χ3n) is 2.34. The highest BCUT2D eigenvalue weighted by atomic mass is 16.5. The number of ether oxygens (including phenoxy) is 2. The molecule has 1 aromatic carbocycles. The topological polar surface area (TPSA) is 99.4 Å². The van der Waals surface area contributed by atoms with Gasteiger partial charge in [0.25, 0.3) is 0 Å². The van der Waals surface area contributed by atoms with Crippen LogP contribution in [0.15, 0.2) is 23.3 Å². The summed E-state index contributed by atoms with van der Waals surface area (Å²) in [5.41, 5.74) is 4.60. The Labute approximate surface area is 116 Å². The van der Waals surface area contributed by atoms with Gasteiger partial charge in [-0.1, -0.05) is 6.92 Å². The molecule has 0 saturated carbocycles. The molecule has 0 aliphatic carbocycles. The van der Waals surface area contributed by atoms with E-state index in [4.69, 9.17) is 9.47 Å². The van der Waals surface area contributed by atoms with Crippen LogP contribution >= 0.6 is 0 Å². The first-order valence-corrected chi connectivity index (χ1v) is 6.12. The summed E-state index contributed by atoms with van der Waals surface area (Å²) < 4.78 is 10.8. The first-order valence-electron chi connectivity index (χ1n) is 6.12. The maximum absolute atomic E-state index is 5.57. The number of hydrogen-bond acceptors (Lipinski definition) is 6. The van der Waals surface area contributed by atoms with Crippen molar-refractivity contribution in [1.82, 2.24) is 20.6 Å². The van der Waals surface area contributed by atoms with E-state index in [1.165, 1.54) is 0 Å². The number of rotatable bonds is 7. The lowest BCUT2D eigenvalue weighted by atomic mass is 10.2. The van der Waals surface area contributed by atoms with Gasteiger partial charge in [0.1, 0.15) is 0 Å². The van der Waals surface area contributed by atoms with Crippen LogP contribution in [0.4, 0.5) is 5.95 Å². The average Bonchev–Trinajstić information content (AvgIpc) is 2.99. The molecule has 106 valence electrons. The lowest BCUT2D eigenvalue weighted by molar-refractivity contribution is 0.294. The molecule has 0 aliphatic heterocycles. The second kappa shape index (κ2) is 7.07. The third-order valence-corrected chi connectivity index (χ3v) is 2.34. The van der Waals surface area contributed by atoms with Gasteiger partial charge in [-0.2, -0.15) is 0 Å². The van der Waals surface area contributed by atoms with Crippen LogP contribution in [-0.4, -0.2) is 40.6 Å². The molecular weight excluding hydrogens is 260 g/mol. The first-order chi connectivity index (χ1) is 9.83. The predicted molar refractivity (Wildman–Crippen MR) is 73.6 cm³/mol. The Morgan fingerprint density at radius 1 is 1.40 bits per heavy atom. The molecule has 0 amide bonds. The Hall–Kier alpha value is -2.64. The number of tetrazole rings is 1. The van der Waals surface area contributed by atoms with Crippen LogP contribution in [0.25, 0.3) is 5.43 Å². The highest BCUT2D eigenvalue weighted by molar-refractivity contribution is 5.81. The summed E-state index contributed by atoms with van der Waals surface area (Å²) in [4.78, 5) is 0. The quantitative estimate of drug-likeness (QED) is 0.615. The van der Waals surface area contributed by atoms with E-state index in [1.54, 1.807) is 13.3 Å². The maximum atomic E-state index is 5.57. The molecule has 1 N–H and O–H groups in total. The minimum absolute atomic E-state index is 0.177. The number of methoxy groups -OCH3 is 1. The van der Waals surface area contributed by atoms with Gasteiger partial charge in [-0.3, -0.25) is 20.8 Å². The number of nitrogens with zero attached hydrogens (tertiary/aromatic N) is 5. The van der Waals surface area contributed by atoms with E-state index < -0.39 is 0 Å². The smallest absolute Gasteiger partial charge is 0.161 e. The Balaban J connectivity index is 2.03. The molecule has 0 fully saturated rings. The van der Waals surface area contributed by atoms with Gasteiger partial charge < -0.3 is 9.47 Å². The number of hydrogen-bond donors (Lipinski definition) is 1. The fourth-order valence-electron chi connectivity index (χ4n) is 1.44. The number of aromatic nitrogens is 4. The summed E-state index contributed by atoms with van der Waals surface area (Å²) >= 11 is 0. The fraction of sp³-hybridized carbons (Fsp3) is 0.333. The summed E-state index contributed by atoms with van der Waals surface area (Å²) in [7, 11) is 1.60. The van der Waals surface area contributed by atoms with Crippen molar-refractivity contribution in [3.05, 3.63) is 29.2 Å². The van der Waals surface area contributed by atoms with Crippen LogP contribution in [0.2, 0.25) is 0 Å². The zero-order valence-electron chi connectivity index (χ0n) is 11.3. The van der Waals surface area contributed by atoms with Crippen molar-refractivity contribution < 1.29 is 9.47 Å². The Morgan fingerprint density at radius 3 is 3.00 bits per heavy atom. The van der Waals surface area contributed by atoms with E-state index in [9.17, 15) is 0 Å². The van der Waals surface area contributed by atoms with Crippen LogP contribution in [0.1, 0.15) is 18.9 Å². The van der Waals surface area contributed by atoms with Crippen LogP contribution in [0, 0.1) is 0 Å². The van der Waals surface area contributed by atoms with Gasteiger partial charge in [0, 0.05) is 6.21 Å². The van der Waals surface area contributed by atoms with E-state index in [-0.39, 0.29) is 5.95 Å². The predicted octanol–water partition coefficient (Wildman–Crippen LogP) is 2.04. The molecular formula is C12H15N6O2-. The van der Waals surface area contributed by atoms with Gasteiger partial charge in [0.2, 0.25) is 0 Å². The molecule has 0 atom stereocenters. The first kappa shape index (κ1) is 13.8. The molecule has 0 radical (unpaired) electrons. The molecule has 2 aromatic rings. The molecule has 0 unspecified atom stereocenters. The van der Waals surface area contributed by atoms with E-state index in [1.807, 2.05) is 25.1 Å². The van der Waals surface area contributed by atoms with Gasteiger partial charge in [-0.25, -0.2) is 5.10 Å². The molecule has 0 saturated heterocycles. The minimum atomic E-state index is 0.177. The molecule has 0 bridgehead atoms. The lowest BCUT2D eigenvalue weighted by Gasteiger charge is -2.10. The van der Waals surface area contributed by atoms with Crippen molar-refractivity contribution in [3.63, 3.8) is 0 Å². The Bertz CT molecular complexity index is 555. The number of aromatic amines is 1. The van der Waals surface area contributed by atoms with E-state index in [2.05, 4.69) is 31.2 Å². The second-order valence-corrected chi connectivity index (χ2v) is 3.82. The van der Waals surface area contributed by atoms with Crippen molar-refractivity contribution >= 4 is 12.2 Å². The van der Waals surface area contributed by atoms with Gasteiger partial charge in [-0.15, -0.1) is 5.21 Å². The zero-order chi connectivity index (χ0) is 14.2. The normalized spacial score (nSPS) is 10.7. The van der Waals surface area contributed by atoms with Crippen LogP contribution in [-0.2, 0) is 0 Å². The molecule has 2 rings (SSSR count). The van der Waals surface area contributed by atoms with Crippen molar-refractivity contribution in [1.29, 1.82) is 0 Å². The van der Waals surface area contributed by atoms with Crippen molar-refractivity contribution in [3.8, 4) is 11.5 Å². The summed E-state index contributed by atoms with van der Waals surface area (Å²) in [6.07, 6.45) is 2.51. The number of nitrogens with one attached hydrogen (secondary N) is 1. The molecule has 8 nitrogen and oxygen atoms in total. The number of benzene rings is 1. The van der Waals surface area contributed by atoms with Crippen LogP contribution in [0.5, 0.6) is 11.5 Å². The molecule has 8 heteroatoms. The van der Waals surface area contributed by atoms with E-state index >= 15 is 0 Å². The van der Waals surface area contributed by atoms with E-state index in [0.29, 0.717) is 18.1 Å². The molecule has 1 heterocycles. The molecule has 20 heavy (non-hydrogen) atoms. The maximum Gasteiger partial charge on any atom is 0.161 e. The minimum Gasteiger partial charge on any atom is -0.493 e. The Morgan fingerprint density at radius 2 is 2.30 bits per heavy atom. The van der Waals surface area contributed by atoms with Gasteiger partial charge in [-0.05, 0) is 30.2 Å². The monoisotopic (exact) mass is 275 g/mol. The fourth-order valence-corrected chi connectivity index (χ4v) is 1.44. The van der Waals surface area contributed by atoms with E-state index in [0.717, 1.165) is 12.0 Å². The average molecular weight is 275 g/mol. The highest BCUT2D eigenvalue weighted by Crippen LogP contribution is 2.27. The van der Waals surface area contributed by atoms with Gasteiger partial charge in [0.15, 0.2) is 11.5 Å². The molecule has 0 aliphatic rings. The SMILES string of the molecule is CCCOc1ccc(/C=N\[N-]c2nn[nH]n2)cc1OC. The largest absolute Gasteiger partial charge is 0.493 e. The van der Waals surface area contributed by atoms with Crippen molar-refractivity contribution in [2.24, 2.45) is 5.10 Å². The summed E-state index contributed by atoms with van der Waals surface area (Å²) in [5.74, 6) is 1.54. The molecule has 1 aromatic heterocycles. The van der Waals surface area contributed by atoms with Gasteiger partial charge >= 0.3 is 0 Å². The zero-order valence-corrected chi connectivity index (χ0v) is 11.3. The highest BCUT2D eigenvalue weighted by Gasteiger charge is 2.04. The lowest BCUT2D eigenvalue weighted by Crippen LogP contribution is -1.98. The van der Waals surface area contributed by atoms with Crippen molar-refractivity contribution in [2.45, 2.75) is 13.3 Å². The van der Waals surface area contributed by atoms with Gasteiger partial charge in [0.05, 0.1) is 19.7 Å². The van der Waals surface area contributed by atoms with Crippen LogP contribution < -0.4 is 9.47 Å².